The van der Waals surface area contributed by atoms with Gasteiger partial charge in [0.2, 0.25) is 0 Å². The summed E-state index contributed by atoms with van der Waals surface area (Å²) in [4.78, 5) is 23.9. The zero-order valence-corrected chi connectivity index (χ0v) is 11.1. The molecule has 0 spiro atoms. The number of carbonyl (C=O) groups is 1. The van der Waals surface area contributed by atoms with Crippen LogP contribution in [-0.2, 0) is 4.74 Å². The summed E-state index contributed by atoms with van der Waals surface area (Å²) in [6.07, 6.45) is 1.77. The van der Waals surface area contributed by atoms with Gasteiger partial charge in [0.15, 0.2) is 5.75 Å². The van der Waals surface area contributed by atoms with Crippen molar-refractivity contribution in [3.8, 4) is 5.75 Å². The van der Waals surface area contributed by atoms with Crippen molar-refractivity contribution < 1.29 is 19.6 Å². The van der Waals surface area contributed by atoms with Crippen LogP contribution in [0.4, 0.5) is 5.69 Å². The number of phenolic OH excluding ortho intramolecular Hbond substituents is 1. The molecular formula is C13H16N2O5. The lowest BCUT2D eigenvalue weighted by molar-refractivity contribution is -0.385. The molecule has 1 heterocycles. The zero-order valence-electron chi connectivity index (χ0n) is 11.1. The van der Waals surface area contributed by atoms with E-state index in [1.165, 1.54) is 6.07 Å². The van der Waals surface area contributed by atoms with E-state index in [9.17, 15) is 20.0 Å². The first-order valence-electron chi connectivity index (χ1n) is 6.32. The maximum absolute atomic E-state index is 12.3. The van der Waals surface area contributed by atoms with Crippen LogP contribution in [0.5, 0.6) is 5.75 Å². The third-order valence-electron chi connectivity index (χ3n) is 3.42. The van der Waals surface area contributed by atoms with Gasteiger partial charge in [-0.25, -0.2) is 0 Å². The van der Waals surface area contributed by atoms with Gasteiger partial charge in [0.05, 0.1) is 11.0 Å². The van der Waals surface area contributed by atoms with E-state index in [1.54, 1.807) is 12.0 Å². The molecule has 108 valence electrons. The molecule has 1 aliphatic heterocycles. The number of benzene rings is 1. The molecule has 7 heteroatoms. The molecule has 7 nitrogen and oxygen atoms in total. The molecule has 1 saturated heterocycles. The van der Waals surface area contributed by atoms with Crippen molar-refractivity contribution in [2.45, 2.75) is 18.9 Å². The largest absolute Gasteiger partial charge is 0.502 e. The van der Waals surface area contributed by atoms with Crippen molar-refractivity contribution in [2.24, 2.45) is 0 Å². The van der Waals surface area contributed by atoms with Crippen molar-refractivity contribution in [2.75, 3.05) is 20.2 Å². The van der Waals surface area contributed by atoms with E-state index >= 15 is 0 Å². The second-order valence-electron chi connectivity index (χ2n) is 4.71. The van der Waals surface area contributed by atoms with Crippen LogP contribution in [0.15, 0.2) is 18.2 Å². The Labute approximate surface area is 115 Å². The number of nitro groups is 1. The summed E-state index contributed by atoms with van der Waals surface area (Å²) in [5.41, 5.74) is -0.167. The van der Waals surface area contributed by atoms with Crippen molar-refractivity contribution in [3.63, 3.8) is 0 Å². The fourth-order valence-corrected chi connectivity index (χ4v) is 2.31. The third kappa shape index (κ3) is 2.88. The van der Waals surface area contributed by atoms with E-state index in [0.717, 1.165) is 25.0 Å². The van der Waals surface area contributed by atoms with E-state index in [4.69, 9.17) is 4.74 Å². The van der Waals surface area contributed by atoms with Gasteiger partial charge < -0.3 is 14.7 Å². The number of hydrogen-bond donors (Lipinski definition) is 1. The molecule has 1 amide bonds. The van der Waals surface area contributed by atoms with E-state index < -0.39 is 16.4 Å². The maximum Gasteiger partial charge on any atom is 0.310 e. The fourth-order valence-electron chi connectivity index (χ4n) is 2.31. The van der Waals surface area contributed by atoms with Crippen LogP contribution in [0.25, 0.3) is 0 Å². The number of likely N-dealkylation sites (tertiary alicyclic amines) is 1. The number of nitro benzene ring substituents is 1. The SMILES string of the molecule is CO[C@@H]1CCCN(C(=O)c2ccc([N+](=O)[O-])c(O)c2)C1. The highest BCUT2D eigenvalue weighted by atomic mass is 16.6. The van der Waals surface area contributed by atoms with E-state index in [0.29, 0.717) is 13.1 Å². The van der Waals surface area contributed by atoms with Crippen LogP contribution in [0.2, 0.25) is 0 Å². The number of phenols is 1. The lowest BCUT2D eigenvalue weighted by atomic mass is 10.1. The number of aromatic hydroxyl groups is 1. The van der Waals surface area contributed by atoms with Crippen molar-refractivity contribution in [1.29, 1.82) is 0 Å². The molecule has 0 aliphatic carbocycles. The number of ether oxygens (including phenoxy) is 1. The Hall–Kier alpha value is -2.15. The predicted molar refractivity (Wildman–Crippen MR) is 70.7 cm³/mol. The number of methoxy groups -OCH3 is 1. The number of hydrogen-bond acceptors (Lipinski definition) is 5. The number of nitrogens with zero attached hydrogens (tertiary/aromatic N) is 2. The summed E-state index contributed by atoms with van der Waals surface area (Å²) >= 11 is 0. The van der Waals surface area contributed by atoms with Crippen LogP contribution < -0.4 is 0 Å². The van der Waals surface area contributed by atoms with Crippen LogP contribution in [0, 0.1) is 10.1 Å². The Kier molecular flexibility index (Phi) is 4.19. The minimum Gasteiger partial charge on any atom is -0.502 e. The van der Waals surface area contributed by atoms with Gasteiger partial charge in [-0.1, -0.05) is 0 Å². The van der Waals surface area contributed by atoms with E-state index in [-0.39, 0.29) is 17.6 Å². The van der Waals surface area contributed by atoms with Gasteiger partial charge in [-0.15, -0.1) is 0 Å². The first-order chi connectivity index (χ1) is 9.52. The number of rotatable bonds is 3. The molecule has 1 N–H and O–H groups in total. The standard InChI is InChI=1S/C13H16N2O5/c1-20-10-3-2-6-14(8-10)13(17)9-4-5-11(15(18)19)12(16)7-9/h4-5,7,10,16H,2-3,6,8H2,1H3/t10-/m1/s1. The lowest BCUT2D eigenvalue weighted by Crippen LogP contribution is -2.42. The highest BCUT2D eigenvalue weighted by Crippen LogP contribution is 2.27. The van der Waals surface area contributed by atoms with E-state index in [1.807, 2.05) is 0 Å². The first-order valence-corrected chi connectivity index (χ1v) is 6.32. The summed E-state index contributed by atoms with van der Waals surface area (Å²) in [6, 6.07) is 3.63. The maximum atomic E-state index is 12.3. The Bertz CT molecular complexity index is 531. The third-order valence-corrected chi connectivity index (χ3v) is 3.42. The number of piperidine rings is 1. The first kappa shape index (κ1) is 14.3. The molecule has 0 bridgehead atoms. The summed E-state index contributed by atoms with van der Waals surface area (Å²) < 4.78 is 5.25. The molecule has 20 heavy (non-hydrogen) atoms. The Balaban J connectivity index is 2.17. The molecule has 1 aromatic rings. The monoisotopic (exact) mass is 280 g/mol. The van der Waals surface area contributed by atoms with Crippen LogP contribution in [0.1, 0.15) is 23.2 Å². The normalized spacial score (nSPS) is 18.9. The predicted octanol–water partition coefficient (Wildman–Crippen LogP) is 1.55. The molecular weight excluding hydrogens is 264 g/mol. The summed E-state index contributed by atoms with van der Waals surface area (Å²) in [7, 11) is 1.61. The topological polar surface area (TPSA) is 92.9 Å². The number of amides is 1. The highest BCUT2D eigenvalue weighted by molar-refractivity contribution is 5.95. The summed E-state index contributed by atoms with van der Waals surface area (Å²) in [5.74, 6) is -0.752. The zero-order chi connectivity index (χ0) is 14.7. The van der Waals surface area contributed by atoms with Gasteiger partial charge in [-0.3, -0.25) is 14.9 Å². The second-order valence-corrected chi connectivity index (χ2v) is 4.71. The van der Waals surface area contributed by atoms with Crippen LogP contribution in [0.3, 0.4) is 0 Å². The van der Waals surface area contributed by atoms with Gasteiger partial charge in [0.25, 0.3) is 5.91 Å². The molecule has 1 aliphatic rings. The van der Waals surface area contributed by atoms with Gasteiger partial charge in [-0.2, -0.15) is 0 Å². The Morgan fingerprint density at radius 1 is 1.55 bits per heavy atom. The molecule has 1 aromatic carbocycles. The quantitative estimate of drug-likeness (QED) is 0.669. The minimum absolute atomic E-state index is 0.0133. The molecule has 1 fully saturated rings. The van der Waals surface area contributed by atoms with Crippen LogP contribution >= 0.6 is 0 Å². The van der Waals surface area contributed by atoms with Crippen molar-refractivity contribution >= 4 is 11.6 Å². The fraction of sp³-hybridized carbons (Fsp3) is 0.462. The van der Waals surface area contributed by atoms with Crippen LogP contribution in [-0.4, -0.2) is 47.1 Å². The van der Waals surface area contributed by atoms with Crippen molar-refractivity contribution in [1.82, 2.24) is 4.90 Å². The smallest absolute Gasteiger partial charge is 0.310 e. The van der Waals surface area contributed by atoms with Gasteiger partial charge in [-0.05, 0) is 25.0 Å². The summed E-state index contributed by atoms with van der Waals surface area (Å²) in [6.45, 7) is 1.11. The molecule has 0 saturated carbocycles. The molecule has 0 aromatic heterocycles. The summed E-state index contributed by atoms with van der Waals surface area (Å²) in [5, 5.41) is 20.2. The second kappa shape index (κ2) is 5.87. The Morgan fingerprint density at radius 3 is 2.90 bits per heavy atom. The average Bonchev–Trinajstić information content (AvgIpc) is 2.46. The molecule has 0 unspecified atom stereocenters. The molecule has 0 radical (unpaired) electrons. The Morgan fingerprint density at radius 2 is 2.30 bits per heavy atom. The average molecular weight is 280 g/mol. The van der Waals surface area contributed by atoms with Gasteiger partial charge in [0, 0.05) is 31.8 Å². The van der Waals surface area contributed by atoms with E-state index in [2.05, 4.69) is 0 Å². The van der Waals surface area contributed by atoms with Gasteiger partial charge >= 0.3 is 5.69 Å². The number of carbonyl (C=O) groups excluding carboxylic acids is 1. The highest BCUT2D eigenvalue weighted by Gasteiger charge is 2.25. The van der Waals surface area contributed by atoms with Gasteiger partial charge in [0.1, 0.15) is 0 Å². The molecule has 1 atom stereocenters. The minimum atomic E-state index is -0.689. The molecule has 2 rings (SSSR count). The van der Waals surface area contributed by atoms with Crippen molar-refractivity contribution in [3.05, 3.63) is 33.9 Å². The lowest BCUT2D eigenvalue weighted by Gasteiger charge is -2.32.